The molecule has 0 radical (unpaired) electrons. The highest BCUT2D eigenvalue weighted by Crippen LogP contribution is 2.31. The average molecular weight is 341 g/mol. The Labute approximate surface area is 152 Å². The number of hydrogen-bond acceptors (Lipinski definition) is 3. The fourth-order valence-corrected chi connectivity index (χ4v) is 2.95. The van der Waals surface area contributed by atoms with E-state index in [0.29, 0.717) is 19.1 Å². The first kappa shape index (κ1) is 19.3. The van der Waals surface area contributed by atoms with Crippen LogP contribution in [0.1, 0.15) is 50.3 Å². The molecule has 0 aromatic heterocycles. The quantitative estimate of drug-likeness (QED) is 0.718. The van der Waals surface area contributed by atoms with Gasteiger partial charge in [-0.25, -0.2) is 0 Å². The van der Waals surface area contributed by atoms with Crippen molar-refractivity contribution in [2.24, 2.45) is 5.73 Å². The predicted octanol–water partition coefficient (Wildman–Crippen LogP) is 4.72. The maximum Gasteiger partial charge on any atom is 0.161 e. The van der Waals surface area contributed by atoms with E-state index in [0.717, 1.165) is 24.3 Å². The summed E-state index contributed by atoms with van der Waals surface area (Å²) in [6.45, 7) is 9.45. The molecule has 0 aliphatic carbocycles. The van der Waals surface area contributed by atoms with E-state index in [4.69, 9.17) is 15.2 Å². The van der Waals surface area contributed by atoms with E-state index in [1.165, 1.54) is 16.7 Å². The van der Waals surface area contributed by atoms with Gasteiger partial charge in [-0.1, -0.05) is 37.3 Å². The van der Waals surface area contributed by atoms with Gasteiger partial charge in [-0.05, 0) is 69.0 Å². The van der Waals surface area contributed by atoms with Crippen molar-refractivity contribution in [2.75, 3.05) is 13.2 Å². The third-order valence-corrected chi connectivity index (χ3v) is 4.30. The van der Waals surface area contributed by atoms with Gasteiger partial charge < -0.3 is 15.2 Å². The van der Waals surface area contributed by atoms with Crippen LogP contribution in [0.3, 0.4) is 0 Å². The SMILES string of the molecule is CCOc1cc(CC(CN)c2ccc(CC)cc2)ccc1OC(C)C. The van der Waals surface area contributed by atoms with Gasteiger partial charge in [-0.15, -0.1) is 0 Å². The molecule has 2 aromatic carbocycles. The normalized spacial score (nSPS) is 12.2. The first-order valence-corrected chi connectivity index (χ1v) is 9.28. The van der Waals surface area contributed by atoms with Gasteiger partial charge in [-0.3, -0.25) is 0 Å². The molecule has 0 saturated heterocycles. The summed E-state index contributed by atoms with van der Waals surface area (Å²) in [6.07, 6.45) is 2.08. The summed E-state index contributed by atoms with van der Waals surface area (Å²) in [5.41, 5.74) is 9.92. The number of aryl methyl sites for hydroxylation is 1. The standard InChI is InChI=1S/C22H31NO2/c1-5-17-7-10-19(11-8-17)20(15-23)13-18-9-12-21(25-16(3)4)22(14-18)24-6-2/h7-12,14,16,20H,5-6,13,15,23H2,1-4H3. The number of rotatable bonds is 9. The molecule has 2 rings (SSSR count). The first-order valence-electron chi connectivity index (χ1n) is 9.28. The number of benzene rings is 2. The maximum atomic E-state index is 6.06. The first-order chi connectivity index (χ1) is 12.1. The molecular formula is C22H31NO2. The highest BCUT2D eigenvalue weighted by atomic mass is 16.5. The van der Waals surface area contributed by atoms with Gasteiger partial charge in [0.1, 0.15) is 0 Å². The van der Waals surface area contributed by atoms with Crippen LogP contribution >= 0.6 is 0 Å². The van der Waals surface area contributed by atoms with Crippen molar-refractivity contribution in [1.29, 1.82) is 0 Å². The molecule has 0 aliphatic heterocycles. The molecule has 1 unspecified atom stereocenters. The van der Waals surface area contributed by atoms with Crippen LogP contribution in [0, 0.1) is 0 Å². The number of ether oxygens (including phenoxy) is 2. The minimum atomic E-state index is 0.124. The monoisotopic (exact) mass is 341 g/mol. The lowest BCUT2D eigenvalue weighted by molar-refractivity contribution is 0.223. The second-order valence-electron chi connectivity index (χ2n) is 6.61. The second kappa shape index (κ2) is 9.47. The Morgan fingerprint density at radius 2 is 1.60 bits per heavy atom. The van der Waals surface area contributed by atoms with Crippen molar-refractivity contribution in [1.82, 2.24) is 0 Å². The molecule has 0 heterocycles. The van der Waals surface area contributed by atoms with Crippen molar-refractivity contribution >= 4 is 0 Å². The largest absolute Gasteiger partial charge is 0.490 e. The molecule has 2 aromatic rings. The van der Waals surface area contributed by atoms with Gasteiger partial charge in [0, 0.05) is 5.92 Å². The predicted molar refractivity (Wildman–Crippen MR) is 105 cm³/mol. The number of hydrogen-bond donors (Lipinski definition) is 1. The van der Waals surface area contributed by atoms with Gasteiger partial charge in [-0.2, -0.15) is 0 Å². The van der Waals surface area contributed by atoms with E-state index >= 15 is 0 Å². The van der Waals surface area contributed by atoms with E-state index in [9.17, 15) is 0 Å². The zero-order valence-corrected chi connectivity index (χ0v) is 15.9. The van der Waals surface area contributed by atoms with Crippen molar-refractivity contribution in [2.45, 2.75) is 52.6 Å². The molecule has 2 N–H and O–H groups in total. The molecule has 3 heteroatoms. The molecule has 136 valence electrons. The molecule has 0 saturated carbocycles. The van der Waals surface area contributed by atoms with Gasteiger partial charge in [0.2, 0.25) is 0 Å². The molecule has 0 fully saturated rings. The molecule has 1 atom stereocenters. The Morgan fingerprint density at radius 3 is 2.16 bits per heavy atom. The number of nitrogens with two attached hydrogens (primary N) is 1. The van der Waals surface area contributed by atoms with Crippen LogP contribution in [-0.4, -0.2) is 19.3 Å². The Bertz CT molecular complexity index is 650. The molecule has 0 bridgehead atoms. The lowest BCUT2D eigenvalue weighted by Gasteiger charge is -2.19. The van der Waals surface area contributed by atoms with Crippen molar-refractivity contribution in [3.05, 3.63) is 59.2 Å². The molecule has 3 nitrogen and oxygen atoms in total. The van der Waals surface area contributed by atoms with Crippen LogP contribution < -0.4 is 15.2 Å². The van der Waals surface area contributed by atoms with E-state index in [2.05, 4.69) is 43.3 Å². The third kappa shape index (κ3) is 5.50. The van der Waals surface area contributed by atoms with Crippen molar-refractivity contribution in [3.8, 4) is 11.5 Å². The smallest absolute Gasteiger partial charge is 0.161 e. The summed E-state index contributed by atoms with van der Waals surface area (Å²) in [7, 11) is 0. The van der Waals surface area contributed by atoms with Gasteiger partial charge in [0.15, 0.2) is 11.5 Å². The Kier molecular flexibility index (Phi) is 7.32. The summed E-state index contributed by atoms with van der Waals surface area (Å²) >= 11 is 0. The topological polar surface area (TPSA) is 44.5 Å². The van der Waals surface area contributed by atoms with Crippen LogP contribution in [0.5, 0.6) is 11.5 Å². The Balaban J connectivity index is 2.19. The minimum Gasteiger partial charge on any atom is -0.490 e. The zero-order chi connectivity index (χ0) is 18.2. The lowest BCUT2D eigenvalue weighted by Crippen LogP contribution is -2.15. The van der Waals surface area contributed by atoms with Crippen LogP contribution in [0.2, 0.25) is 0 Å². The highest BCUT2D eigenvalue weighted by Gasteiger charge is 2.14. The van der Waals surface area contributed by atoms with Crippen molar-refractivity contribution < 1.29 is 9.47 Å². The molecule has 0 aliphatic rings. The summed E-state index contributed by atoms with van der Waals surface area (Å²) in [5.74, 6) is 1.92. The van der Waals surface area contributed by atoms with Gasteiger partial charge in [0.05, 0.1) is 12.7 Å². The fourth-order valence-electron chi connectivity index (χ4n) is 2.95. The summed E-state index contributed by atoms with van der Waals surface area (Å²) < 4.78 is 11.6. The van der Waals surface area contributed by atoms with Crippen LogP contribution in [0.15, 0.2) is 42.5 Å². The second-order valence-corrected chi connectivity index (χ2v) is 6.61. The van der Waals surface area contributed by atoms with Crippen LogP contribution in [-0.2, 0) is 12.8 Å². The zero-order valence-electron chi connectivity index (χ0n) is 15.9. The third-order valence-electron chi connectivity index (χ3n) is 4.30. The van der Waals surface area contributed by atoms with E-state index in [1.807, 2.05) is 26.8 Å². The van der Waals surface area contributed by atoms with Gasteiger partial charge in [0.25, 0.3) is 0 Å². The van der Waals surface area contributed by atoms with E-state index in [-0.39, 0.29) is 6.10 Å². The maximum absolute atomic E-state index is 6.06. The van der Waals surface area contributed by atoms with Crippen LogP contribution in [0.4, 0.5) is 0 Å². The average Bonchev–Trinajstić information content (AvgIpc) is 2.61. The van der Waals surface area contributed by atoms with Crippen LogP contribution in [0.25, 0.3) is 0 Å². The fraction of sp³-hybridized carbons (Fsp3) is 0.455. The molecule has 0 spiro atoms. The minimum absolute atomic E-state index is 0.124. The summed E-state index contributed by atoms with van der Waals surface area (Å²) in [4.78, 5) is 0. The van der Waals surface area contributed by atoms with E-state index in [1.54, 1.807) is 0 Å². The summed E-state index contributed by atoms with van der Waals surface area (Å²) in [5, 5.41) is 0. The highest BCUT2D eigenvalue weighted by molar-refractivity contribution is 5.44. The lowest BCUT2D eigenvalue weighted by atomic mass is 9.91. The summed E-state index contributed by atoms with van der Waals surface area (Å²) in [6, 6.07) is 15.0. The van der Waals surface area contributed by atoms with E-state index < -0.39 is 0 Å². The Morgan fingerprint density at radius 1 is 0.920 bits per heavy atom. The molecular weight excluding hydrogens is 310 g/mol. The van der Waals surface area contributed by atoms with Gasteiger partial charge >= 0.3 is 0 Å². The molecule has 0 amide bonds. The Hall–Kier alpha value is -2.00. The molecule has 25 heavy (non-hydrogen) atoms. The van der Waals surface area contributed by atoms with Crippen molar-refractivity contribution in [3.63, 3.8) is 0 Å².